The second-order valence-electron chi connectivity index (χ2n) is 8.37. The lowest BCUT2D eigenvalue weighted by molar-refractivity contribution is -0.187. The summed E-state index contributed by atoms with van der Waals surface area (Å²) in [6, 6.07) is 0. The van der Waals surface area contributed by atoms with Gasteiger partial charge in [0.25, 0.3) is 0 Å². The maximum Gasteiger partial charge on any atom is 0.178 e. The van der Waals surface area contributed by atoms with Crippen LogP contribution in [-0.4, -0.2) is 27.7 Å². The van der Waals surface area contributed by atoms with E-state index >= 15 is 0 Å². The van der Waals surface area contributed by atoms with Gasteiger partial charge in [-0.3, -0.25) is 4.79 Å². The van der Waals surface area contributed by atoms with E-state index in [9.17, 15) is 15.0 Å². The molecule has 0 spiro atoms. The predicted molar refractivity (Wildman–Crippen MR) is 84.1 cm³/mol. The van der Waals surface area contributed by atoms with Crippen molar-refractivity contribution < 1.29 is 15.0 Å². The number of ketones is 1. The highest BCUT2D eigenvalue weighted by atomic mass is 16.3. The van der Waals surface area contributed by atoms with Crippen molar-refractivity contribution >= 4 is 5.78 Å². The van der Waals surface area contributed by atoms with E-state index in [2.05, 4.69) is 19.9 Å². The lowest BCUT2D eigenvalue weighted by Gasteiger charge is -2.60. The Balaban J connectivity index is 1.76. The molecule has 3 saturated carbocycles. The van der Waals surface area contributed by atoms with E-state index in [1.165, 1.54) is 5.57 Å². The monoisotopic (exact) mass is 302 g/mol. The zero-order chi connectivity index (χ0) is 15.8. The summed E-state index contributed by atoms with van der Waals surface area (Å²) in [4.78, 5) is 11.7. The predicted octanol–water partition coefficient (Wildman–Crippen LogP) is 2.77. The number of rotatable bonds is 0. The summed E-state index contributed by atoms with van der Waals surface area (Å²) in [5, 5.41) is 22.0. The molecule has 0 aromatic rings. The van der Waals surface area contributed by atoms with Crippen LogP contribution >= 0.6 is 0 Å². The van der Waals surface area contributed by atoms with E-state index in [1.54, 1.807) is 6.08 Å². The summed E-state index contributed by atoms with van der Waals surface area (Å²) in [5.41, 5.74) is 0.0348. The van der Waals surface area contributed by atoms with Crippen molar-refractivity contribution in [3.8, 4) is 0 Å². The van der Waals surface area contributed by atoms with Gasteiger partial charge in [0.15, 0.2) is 5.78 Å². The highest BCUT2D eigenvalue weighted by molar-refractivity contribution is 6.01. The summed E-state index contributed by atoms with van der Waals surface area (Å²) in [5.74, 6) is 0.699. The minimum absolute atomic E-state index is 0.0958. The number of hydrogen-bond acceptors (Lipinski definition) is 3. The summed E-state index contributed by atoms with van der Waals surface area (Å²) in [6.07, 6.45) is 10.4. The van der Waals surface area contributed by atoms with E-state index in [1.807, 2.05) is 6.08 Å². The molecule has 3 fully saturated rings. The first-order chi connectivity index (χ1) is 10.3. The number of carbonyl (C=O) groups excluding carboxylic acids is 1. The number of hydrogen-bond donors (Lipinski definition) is 2. The number of carbonyl (C=O) groups is 1. The van der Waals surface area contributed by atoms with E-state index < -0.39 is 5.60 Å². The highest BCUT2D eigenvalue weighted by Crippen LogP contribution is 2.66. The van der Waals surface area contributed by atoms with E-state index in [-0.39, 0.29) is 28.6 Å². The van der Waals surface area contributed by atoms with Crippen molar-refractivity contribution in [2.45, 2.75) is 64.1 Å². The van der Waals surface area contributed by atoms with Crippen LogP contribution in [-0.2, 0) is 4.79 Å². The fourth-order valence-corrected chi connectivity index (χ4v) is 6.14. The summed E-state index contributed by atoms with van der Waals surface area (Å²) in [7, 11) is 0. The third-order valence-corrected chi connectivity index (χ3v) is 7.69. The van der Waals surface area contributed by atoms with Gasteiger partial charge in [0.1, 0.15) is 0 Å². The molecule has 0 heterocycles. The van der Waals surface area contributed by atoms with Gasteiger partial charge in [0.05, 0.1) is 11.7 Å². The largest absolute Gasteiger partial charge is 0.392 e. The van der Waals surface area contributed by atoms with Gasteiger partial charge in [-0.2, -0.15) is 0 Å². The Hall–Kier alpha value is -0.930. The highest BCUT2D eigenvalue weighted by Gasteiger charge is 2.66. The van der Waals surface area contributed by atoms with Gasteiger partial charge in [0, 0.05) is 10.8 Å². The van der Waals surface area contributed by atoms with Crippen LogP contribution in [0.15, 0.2) is 23.8 Å². The van der Waals surface area contributed by atoms with Crippen LogP contribution in [0.3, 0.4) is 0 Å². The summed E-state index contributed by atoms with van der Waals surface area (Å²) >= 11 is 0. The lowest BCUT2D eigenvalue weighted by atomic mass is 9.47. The second-order valence-corrected chi connectivity index (χ2v) is 8.37. The average molecular weight is 302 g/mol. The van der Waals surface area contributed by atoms with E-state index in [0.29, 0.717) is 18.8 Å². The van der Waals surface area contributed by atoms with Crippen LogP contribution in [0, 0.1) is 22.7 Å². The maximum atomic E-state index is 11.7. The Morgan fingerprint density at radius 2 is 1.91 bits per heavy atom. The molecule has 6 atom stereocenters. The van der Waals surface area contributed by atoms with Crippen molar-refractivity contribution in [3.63, 3.8) is 0 Å². The Kier molecular flexibility index (Phi) is 2.88. The van der Waals surface area contributed by atoms with Crippen molar-refractivity contribution in [2.75, 3.05) is 0 Å². The normalized spacial score (nSPS) is 53.5. The molecule has 0 radical (unpaired) electrons. The first kappa shape index (κ1) is 14.6. The molecular weight excluding hydrogens is 276 g/mol. The van der Waals surface area contributed by atoms with Gasteiger partial charge in [-0.1, -0.05) is 25.5 Å². The fraction of sp³-hybridized carbons (Fsp3) is 0.737. The summed E-state index contributed by atoms with van der Waals surface area (Å²) < 4.78 is 0. The van der Waals surface area contributed by atoms with Gasteiger partial charge in [-0.05, 0) is 62.5 Å². The lowest BCUT2D eigenvalue weighted by Crippen LogP contribution is -2.61. The van der Waals surface area contributed by atoms with Gasteiger partial charge >= 0.3 is 0 Å². The maximum absolute atomic E-state index is 11.7. The van der Waals surface area contributed by atoms with Crippen LogP contribution in [0.4, 0.5) is 0 Å². The van der Waals surface area contributed by atoms with Crippen molar-refractivity contribution in [2.24, 2.45) is 22.7 Å². The van der Waals surface area contributed by atoms with Gasteiger partial charge in [0.2, 0.25) is 0 Å². The SMILES string of the molecule is C[C@]12C=CC(=O)C=C1CCC1C2CC[C@]2(C)[C@@H](O)CC[C@@]12O. The van der Waals surface area contributed by atoms with Crippen molar-refractivity contribution in [1.82, 2.24) is 0 Å². The molecule has 4 aliphatic rings. The molecule has 0 saturated heterocycles. The van der Waals surface area contributed by atoms with Crippen LogP contribution in [0.2, 0.25) is 0 Å². The molecule has 2 N–H and O–H groups in total. The Bertz CT molecular complexity index is 591. The van der Waals surface area contributed by atoms with Crippen molar-refractivity contribution in [1.29, 1.82) is 0 Å². The first-order valence-electron chi connectivity index (χ1n) is 8.66. The summed E-state index contributed by atoms with van der Waals surface area (Å²) in [6.45, 7) is 4.31. The molecule has 4 rings (SSSR count). The van der Waals surface area contributed by atoms with Gasteiger partial charge in [-0.15, -0.1) is 0 Å². The van der Waals surface area contributed by atoms with Gasteiger partial charge < -0.3 is 10.2 Å². The Morgan fingerprint density at radius 3 is 2.68 bits per heavy atom. The standard InChI is InChI=1S/C19H26O3/c1-17-8-5-13(20)11-12(17)3-4-15-14(17)6-9-18(2)16(21)7-10-19(15,18)22/h5,8,11,14-16,21-22H,3-4,6-7,9-10H2,1-2H3/t14?,15?,16-,17-,18+,19+/m0/s1. The first-order valence-corrected chi connectivity index (χ1v) is 8.66. The van der Waals surface area contributed by atoms with E-state index in [4.69, 9.17) is 0 Å². The zero-order valence-corrected chi connectivity index (χ0v) is 13.5. The van der Waals surface area contributed by atoms with Crippen LogP contribution in [0.25, 0.3) is 0 Å². The number of fused-ring (bicyclic) bond motifs is 5. The second kappa shape index (κ2) is 4.33. The van der Waals surface area contributed by atoms with Crippen LogP contribution in [0.1, 0.15) is 52.4 Å². The quantitative estimate of drug-likeness (QED) is 0.723. The van der Waals surface area contributed by atoms with Gasteiger partial charge in [-0.25, -0.2) is 0 Å². The molecule has 0 aromatic heterocycles. The van der Waals surface area contributed by atoms with Crippen LogP contribution < -0.4 is 0 Å². The molecule has 0 aliphatic heterocycles. The fourth-order valence-electron chi connectivity index (χ4n) is 6.14. The number of allylic oxidation sites excluding steroid dienone is 4. The number of aliphatic hydroxyl groups is 2. The Labute approximate surface area is 132 Å². The molecule has 3 heteroatoms. The topological polar surface area (TPSA) is 57.5 Å². The molecule has 0 amide bonds. The third kappa shape index (κ3) is 1.57. The molecule has 3 nitrogen and oxygen atoms in total. The number of aliphatic hydroxyl groups excluding tert-OH is 1. The zero-order valence-electron chi connectivity index (χ0n) is 13.5. The Morgan fingerprint density at radius 1 is 1.14 bits per heavy atom. The van der Waals surface area contributed by atoms with Crippen LogP contribution in [0.5, 0.6) is 0 Å². The minimum Gasteiger partial charge on any atom is -0.392 e. The molecule has 4 aliphatic carbocycles. The van der Waals surface area contributed by atoms with E-state index in [0.717, 1.165) is 25.7 Å². The average Bonchev–Trinajstić information content (AvgIpc) is 2.72. The molecule has 0 aromatic carbocycles. The molecular formula is C19H26O3. The molecule has 0 bridgehead atoms. The molecule has 2 unspecified atom stereocenters. The molecule has 120 valence electrons. The molecule has 22 heavy (non-hydrogen) atoms. The smallest absolute Gasteiger partial charge is 0.178 e. The van der Waals surface area contributed by atoms with Crippen molar-refractivity contribution in [3.05, 3.63) is 23.8 Å². The third-order valence-electron chi connectivity index (χ3n) is 7.69. The minimum atomic E-state index is -0.751.